The molecule has 0 radical (unpaired) electrons. The number of benzene rings is 1. The third-order valence-corrected chi connectivity index (χ3v) is 5.55. The van der Waals surface area contributed by atoms with E-state index in [2.05, 4.69) is 4.74 Å². The Labute approximate surface area is 126 Å². The summed E-state index contributed by atoms with van der Waals surface area (Å²) in [5.41, 5.74) is 5.80. The monoisotopic (exact) mass is 338 g/mol. The smallest absolute Gasteiger partial charge is 0.406 e. The molecule has 124 valence electrons. The molecule has 9 heteroatoms. The highest BCUT2D eigenvalue weighted by molar-refractivity contribution is 7.89. The number of halogens is 3. The molecule has 0 bridgehead atoms. The van der Waals surface area contributed by atoms with Crippen LogP contribution >= 0.6 is 0 Å². The number of hydrogen-bond acceptors (Lipinski definition) is 4. The first-order chi connectivity index (χ1) is 10.1. The topological polar surface area (TPSA) is 72.6 Å². The average Bonchev–Trinajstić information content (AvgIpc) is 2.36. The van der Waals surface area contributed by atoms with Crippen LogP contribution in [0, 0.1) is 0 Å². The summed E-state index contributed by atoms with van der Waals surface area (Å²) in [6.07, 6.45) is -3.70. The summed E-state index contributed by atoms with van der Waals surface area (Å²) in [5.74, 6) is -0.458. The highest BCUT2D eigenvalue weighted by Gasteiger charge is 2.34. The van der Waals surface area contributed by atoms with Crippen molar-refractivity contribution in [3.05, 3.63) is 24.3 Å². The lowest BCUT2D eigenvalue weighted by atomic mass is 10.0. The highest BCUT2D eigenvalue weighted by Crippen LogP contribution is 2.28. The number of nitrogens with zero attached hydrogens (tertiary/aromatic N) is 1. The molecule has 0 aromatic heterocycles. The van der Waals surface area contributed by atoms with Gasteiger partial charge in [0, 0.05) is 18.6 Å². The minimum absolute atomic E-state index is 0.0380. The lowest BCUT2D eigenvalue weighted by Gasteiger charge is -2.35. The number of hydrogen-bond donors (Lipinski definition) is 1. The molecule has 22 heavy (non-hydrogen) atoms. The van der Waals surface area contributed by atoms with Crippen molar-refractivity contribution < 1.29 is 26.3 Å². The van der Waals surface area contributed by atoms with Crippen LogP contribution in [-0.2, 0) is 10.0 Å². The fourth-order valence-corrected chi connectivity index (χ4v) is 4.15. The zero-order valence-corrected chi connectivity index (χ0v) is 12.7. The minimum atomic E-state index is -4.81. The van der Waals surface area contributed by atoms with Gasteiger partial charge in [0.1, 0.15) is 5.75 Å². The van der Waals surface area contributed by atoms with Crippen LogP contribution < -0.4 is 10.5 Å². The van der Waals surface area contributed by atoms with Crippen LogP contribution in [0.5, 0.6) is 5.75 Å². The summed E-state index contributed by atoms with van der Waals surface area (Å²) in [6.45, 7) is 2.06. The number of ether oxygens (including phenoxy) is 1. The maximum Gasteiger partial charge on any atom is 0.573 e. The zero-order chi connectivity index (χ0) is 16.5. The van der Waals surface area contributed by atoms with E-state index >= 15 is 0 Å². The molecule has 1 saturated heterocycles. The number of nitrogens with two attached hydrogens (primary N) is 1. The molecule has 2 atom stereocenters. The fourth-order valence-electron chi connectivity index (χ4n) is 2.49. The predicted molar refractivity (Wildman–Crippen MR) is 73.7 cm³/mol. The molecule has 1 heterocycles. The van der Waals surface area contributed by atoms with Crippen molar-refractivity contribution in [3.8, 4) is 5.75 Å². The Kier molecular flexibility index (Phi) is 4.69. The van der Waals surface area contributed by atoms with Crippen molar-refractivity contribution in [2.24, 2.45) is 5.73 Å². The lowest BCUT2D eigenvalue weighted by molar-refractivity contribution is -0.274. The van der Waals surface area contributed by atoms with E-state index in [1.54, 1.807) is 6.92 Å². The molecule has 0 spiro atoms. The second-order valence-corrected chi connectivity index (χ2v) is 7.16. The van der Waals surface area contributed by atoms with Crippen LogP contribution in [0.2, 0.25) is 0 Å². The summed E-state index contributed by atoms with van der Waals surface area (Å²) in [6, 6.07) is 3.90. The molecule has 1 aliphatic rings. The number of alkyl halides is 3. The average molecular weight is 338 g/mol. The van der Waals surface area contributed by atoms with Crippen molar-refractivity contribution in [2.75, 3.05) is 6.54 Å². The first-order valence-electron chi connectivity index (χ1n) is 6.73. The Bertz CT molecular complexity index is 616. The Morgan fingerprint density at radius 3 is 2.36 bits per heavy atom. The van der Waals surface area contributed by atoms with Gasteiger partial charge in [-0.05, 0) is 44.0 Å². The summed E-state index contributed by atoms with van der Waals surface area (Å²) in [5, 5.41) is 0. The zero-order valence-electron chi connectivity index (χ0n) is 11.9. The Hall–Kier alpha value is -1.32. The number of sulfonamides is 1. The highest BCUT2D eigenvalue weighted by atomic mass is 32.2. The van der Waals surface area contributed by atoms with Crippen molar-refractivity contribution in [1.29, 1.82) is 0 Å². The first-order valence-corrected chi connectivity index (χ1v) is 8.17. The van der Waals surface area contributed by atoms with Crippen LogP contribution in [0.4, 0.5) is 13.2 Å². The largest absolute Gasteiger partial charge is 0.573 e. The molecule has 5 nitrogen and oxygen atoms in total. The van der Waals surface area contributed by atoms with Crippen LogP contribution in [0.3, 0.4) is 0 Å². The quantitative estimate of drug-likeness (QED) is 0.916. The SMILES string of the molecule is C[C@H]1C[C@H](N)CCN1S(=O)(=O)c1ccc(OC(F)(F)F)cc1. The number of piperidine rings is 1. The molecule has 2 N–H and O–H groups in total. The van der Waals surface area contributed by atoms with E-state index in [9.17, 15) is 21.6 Å². The molecule has 0 aliphatic carbocycles. The van der Waals surface area contributed by atoms with Crippen molar-refractivity contribution >= 4 is 10.0 Å². The molecular formula is C13H17F3N2O3S. The van der Waals surface area contributed by atoms with Crippen molar-refractivity contribution in [1.82, 2.24) is 4.31 Å². The first kappa shape index (κ1) is 17.0. The summed E-state index contributed by atoms with van der Waals surface area (Å²) in [7, 11) is -3.75. The van der Waals surface area contributed by atoms with Crippen molar-refractivity contribution in [2.45, 2.75) is 43.1 Å². The van der Waals surface area contributed by atoms with Gasteiger partial charge in [-0.2, -0.15) is 4.31 Å². The molecule has 2 rings (SSSR count). The van der Waals surface area contributed by atoms with E-state index < -0.39 is 22.1 Å². The molecule has 1 aromatic rings. The predicted octanol–water partition coefficient (Wildman–Crippen LogP) is 2.09. The van der Waals surface area contributed by atoms with E-state index in [1.807, 2.05) is 0 Å². The molecule has 0 unspecified atom stereocenters. The van der Waals surface area contributed by atoms with Gasteiger partial charge >= 0.3 is 6.36 Å². The van der Waals surface area contributed by atoms with E-state index in [4.69, 9.17) is 5.73 Å². The Balaban J connectivity index is 2.19. The second-order valence-electron chi connectivity index (χ2n) is 5.27. The van der Waals surface area contributed by atoms with Gasteiger partial charge in [0.25, 0.3) is 0 Å². The van der Waals surface area contributed by atoms with Gasteiger partial charge in [0.15, 0.2) is 0 Å². The summed E-state index contributed by atoms with van der Waals surface area (Å²) < 4.78 is 66.4. The van der Waals surface area contributed by atoms with Gasteiger partial charge in [0.2, 0.25) is 10.0 Å². The van der Waals surface area contributed by atoms with E-state index in [0.29, 0.717) is 19.4 Å². The van der Waals surface area contributed by atoms with Gasteiger partial charge < -0.3 is 10.5 Å². The van der Waals surface area contributed by atoms with Crippen LogP contribution in [0.25, 0.3) is 0 Å². The molecule has 0 saturated carbocycles. The van der Waals surface area contributed by atoms with Gasteiger partial charge in [-0.3, -0.25) is 0 Å². The Morgan fingerprint density at radius 1 is 1.27 bits per heavy atom. The molecule has 1 fully saturated rings. The second kappa shape index (κ2) is 6.05. The third-order valence-electron chi connectivity index (χ3n) is 3.52. The lowest BCUT2D eigenvalue weighted by Crippen LogP contribution is -2.48. The van der Waals surface area contributed by atoms with Crippen LogP contribution in [0.1, 0.15) is 19.8 Å². The van der Waals surface area contributed by atoms with Gasteiger partial charge in [-0.15, -0.1) is 13.2 Å². The van der Waals surface area contributed by atoms with Gasteiger partial charge in [0.05, 0.1) is 4.90 Å². The van der Waals surface area contributed by atoms with E-state index in [1.165, 1.54) is 4.31 Å². The molecular weight excluding hydrogens is 321 g/mol. The van der Waals surface area contributed by atoms with Crippen molar-refractivity contribution in [3.63, 3.8) is 0 Å². The van der Waals surface area contributed by atoms with Crippen LogP contribution in [-0.4, -0.2) is 37.7 Å². The maximum absolute atomic E-state index is 12.5. The van der Waals surface area contributed by atoms with E-state index in [-0.39, 0.29) is 17.0 Å². The maximum atomic E-state index is 12.5. The van der Waals surface area contributed by atoms with Gasteiger partial charge in [-0.25, -0.2) is 8.42 Å². The van der Waals surface area contributed by atoms with Gasteiger partial charge in [-0.1, -0.05) is 0 Å². The summed E-state index contributed by atoms with van der Waals surface area (Å²) >= 11 is 0. The number of rotatable bonds is 3. The molecule has 1 aromatic carbocycles. The molecule has 1 aliphatic heterocycles. The van der Waals surface area contributed by atoms with Crippen LogP contribution in [0.15, 0.2) is 29.2 Å². The fraction of sp³-hybridized carbons (Fsp3) is 0.538. The standard InChI is InChI=1S/C13H17F3N2O3S/c1-9-8-10(17)6-7-18(9)22(19,20)12-4-2-11(3-5-12)21-13(14,15)16/h2-5,9-10H,6-8,17H2,1H3/t9-,10+/m0/s1. The Morgan fingerprint density at radius 2 is 1.86 bits per heavy atom. The normalized spacial score (nSPS) is 24.2. The molecule has 0 amide bonds. The minimum Gasteiger partial charge on any atom is -0.406 e. The van der Waals surface area contributed by atoms with E-state index in [0.717, 1.165) is 24.3 Å². The summed E-state index contributed by atoms with van der Waals surface area (Å²) in [4.78, 5) is -0.0654. The third kappa shape index (κ3) is 3.90.